The van der Waals surface area contributed by atoms with Gasteiger partial charge >= 0.3 is 21.7 Å². The predicted octanol–water partition coefficient (Wildman–Crippen LogP) is 2.70. The van der Waals surface area contributed by atoms with Crippen LogP contribution in [0.15, 0.2) is 0 Å². The van der Waals surface area contributed by atoms with E-state index in [9.17, 15) is 0 Å². The van der Waals surface area contributed by atoms with E-state index in [2.05, 4.69) is 22.9 Å². The molecular weight excluding hydrogens is 186 g/mol. The first kappa shape index (κ1) is 29.4. The van der Waals surface area contributed by atoms with E-state index < -0.39 is 0 Å². The molecule has 0 N–H and O–H groups in total. The van der Waals surface area contributed by atoms with Gasteiger partial charge in [0.2, 0.25) is 0 Å². The van der Waals surface area contributed by atoms with Gasteiger partial charge < -0.3 is 22.9 Å². The largest absolute Gasteiger partial charge is 4.00 e. The first-order valence-electron chi connectivity index (χ1n) is 3.39. The number of hydrogen-bond acceptors (Lipinski definition) is 0. The van der Waals surface area contributed by atoms with Crippen LogP contribution in [-0.2, 0) is 21.7 Å². The van der Waals surface area contributed by atoms with Gasteiger partial charge in [-0.2, -0.15) is 49.2 Å². The van der Waals surface area contributed by atoms with Gasteiger partial charge in [-0.15, -0.1) is 0 Å². The summed E-state index contributed by atoms with van der Waals surface area (Å²) in [6.45, 7) is 5.00. The number of nitrogens with zero attached hydrogens (tertiary/aromatic N) is 3. The second kappa shape index (κ2) is 101. The first-order valence-corrected chi connectivity index (χ1v) is 3.39. The summed E-state index contributed by atoms with van der Waals surface area (Å²) >= 11 is 0. The zero-order valence-electron chi connectivity index (χ0n) is 9.55. The molecule has 0 bridgehead atoms. The Labute approximate surface area is 94.0 Å². The first-order chi connectivity index (χ1) is 5.24. The Balaban J connectivity index is -0.0000000179. The van der Waals surface area contributed by atoms with Crippen LogP contribution < -0.4 is 0 Å². The van der Waals surface area contributed by atoms with Crippen LogP contribution in [0.4, 0.5) is 0 Å². The molecule has 0 amide bonds. The monoisotopic (exact) mass is 209 g/mol. The maximum absolute atomic E-state index is 3.50. The van der Waals surface area contributed by atoms with E-state index in [0.29, 0.717) is 0 Å². The molecule has 4 heteroatoms. The molecule has 74 valence electrons. The Bertz CT molecular complexity index is 19.0. The van der Waals surface area contributed by atoms with Crippen molar-refractivity contribution in [2.75, 3.05) is 42.3 Å². The number of hydrogen-bond donors (Lipinski definition) is 0. The van der Waals surface area contributed by atoms with Crippen molar-refractivity contribution < 1.29 is 21.7 Å². The molecule has 12 heavy (non-hydrogen) atoms. The van der Waals surface area contributed by atoms with E-state index in [4.69, 9.17) is 0 Å². The van der Waals surface area contributed by atoms with E-state index in [1.54, 1.807) is 49.2 Å². The van der Waals surface area contributed by atoms with Gasteiger partial charge in [0.05, 0.1) is 0 Å². The van der Waals surface area contributed by atoms with Crippen LogP contribution in [0.25, 0.3) is 16.0 Å². The topological polar surface area (TPSA) is 42.3 Å². The van der Waals surface area contributed by atoms with Gasteiger partial charge in [-0.1, -0.05) is 0 Å². The zero-order valence-corrected chi connectivity index (χ0v) is 11.1. The van der Waals surface area contributed by atoms with Gasteiger partial charge in [0.15, 0.2) is 0 Å². The van der Waals surface area contributed by atoms with Crippen molar-refractivity contribution in [1.82, 2.24) is 0 Å². The van der Waals surface area contributed by atoms with Crippen LogP contribution in [0.1, 0.15) is 6.92 Å². The molecule has 0 saturated heterocycles. The molecule has 0 aromatic carbocycles. The smallest absolute Gasteiger partial charge is 0.668 e. The van der Waals surface area contributed by atoms with E-state index in [-0.39, 0.29) is 21.7 Å². The summed E-state index contributed by atoms with van der Waals surface area (Å²) in [4.78, 5) is 0. The Morgan fingerprint density at radius 1 is 0.583 bits per heavy atom. The summed E-state index contributed by atoms with van der Waals surface area (Å²) in [7, 11) is 10.5. The van der Waals surface area contributed by atoms with E-state index >= 15 is 0 Å². The molecule has 0 heterocycles. The van der Waals surface area contributed by atoms with Gasteiger partial charge in [0.25, 0.3) is 0 Å². The fourth-order valence-electron chi connectivity index (χ4n) is 0. The normalized spacial score (nSPS) is 5.00. The minimum absolute atomic E-state index is 0. The van der Waals surface area contributed by atoms with Gasteiger partial charge in [0.1, 0.15) is 0 Å². The van der Waals surface area contributed by atoms with Crippen LogP contribution in [0.5, 0.6) is 0 Å². The standard InChI is InChI=1S/3C2H6N.C2H5.Ti/c3*1-3-2;1-2;/h3*1-2H3;1H2,2H3;/q4*-1;+4. The van der Waals surface area contributed by atoms with Crippen molar-refractivity contribution in [3.63, 3.8) is 0 Å². The molecular formula is C8H23N3Ti. The average Bonchev–Trinajstić information content (AvgIpc) is 1.96. The molecule has 0 spiro atoms. The molecule has 0 saturated carbocycles. The molecule has 0 rings (SSSR count). The van der Waals surface area contributed by atoms with Gasteiger partial charge in [-0.05, 0) is 0 Å². The Morgan fingerprint density at radius 3 is 0.583 bits per heavy atom. The van der Waals surface area contributed by atoms with Crippen LogP contribution in [-0.4, -0.2) is 42.3 Å². The fraction of sp³-hybridized carbons (Fsp3) is 0.875. The van der Waals surface area contributed by atoms with E-state index in [1.165, 1.54) is 0 Å². The third kappa shape index (κ3) is 2760. The summed E-state index contributed by atoms with van der Waals surface area (Å²) in [6.07, 6.45) is 0. The molecule has 0 fully saturated rings. The molecule has 0 aliphatic rings. The summed E-state index contributed by atoms with van der Waals surface area (Å²) in [5.74, 6) is 0. The van der Waals surface area contributed by atoms with Crippen molar-refractivity contribution in [2.24, 2.45) is 0 Å². The molecule has 0 aromatic rings. The van der Waals surface area contributed by atoms with Crippen LogP contribution >= 0.6 is 0 Å². The number of rotatable bonds is 0. The van der Waals surface area contributed by atoms with Gasteiger partial charge in [-0.25, -0.2) is 0 Å². The van der Waals surface area contributed by atoms with E-state index in [1.807, 2.05) is 0 Å². The maximum atomic E-state index is 3.50. The second-order valence-electron chi connectivity index (χ2n) is 1.34. The molecule has 3 nitrogen and oxygen atoms in total. The van der Waals surface area contributed by atoms with Crippen molar-refractivity contribution in [3.05, 3.63) is 22.9 Å². The molecule has 0 unspecified atom stereocenters. The minimum Gasteiger partial charge on any atom is -0.668 e. The van der Waals surface area contributed by atoms with Gasteiger partial charge in [-0.3, -0.25) is 0 Å². The van der Waals surface area contributed by atoms with Crippen molar-refractivity contribution in [2.45, 2.75) is 6.92 Å². The second-order valence-corrected chi connectivity index (χ2v) is 1.34. The average molecular weight is 209 g/mol. The summed E-state index contributed by atoms with van der Waals surface area (Å²) < 4.78 is 0. The summed E-state index contributed by atoms with van der Waals surface area (Å²) in [5.41, 5.74) is 0. The van der Waals surface area contributed by atoms with Crippen LogP contribution in [0.3, 0.4) is 0 Å². The van der Waals surface area contributed by atoms with Gasteiger partial charge in [0, 0.05) is 0 Å². The summed E-state index contributed by atoms with van der Waals surface area (Å²) in [5, 5.41) is 10.5. The van der Waals surface area contributed by atoms with E-state index in [0.717, 1.165) is 0 Å². The SMILES string of the molecule is C[N-]C.C[N-]C.C[N-]C.[CH2-]C.[Ti+4]. The molecule has 0 aliphatic heterocycles. The van der Waals surface area contributed by atoms with Crippen molar-refractivity contribution in [3.8, 4) is 0 Å². The summed E-state index contributed by atoms with van der Waals surface area (Å²) in [6, 6.07) is 0. The molecule has 0 aromatic heterocycles. The van der Waals surface area contributed by atoms with Crippen LogP contribution in [0, 0.1) is 6.92 Å². The van der Waals surface area contributed by atoms with Crippen molar-refractivity contribution >= 4 is 0 Å². The minimum atomic E-state index is 0. The molecule has 0 atom stereocenters. The third-order valence-corrected chi connectivity index (χ3v) is 0. The molecule has 0 aliphatic carbocycles. The van der Waals surface area contributed by atoms with Crippen molar-refractivity contribution in [1.29, 1.82) is 0 Å². The Morgan fingerprint density at radius 2 is 0.583 bits per heavy atom. The third-order valence-electron chi connectivity index (χ3n) is 0. The maximum Gasteiger partial charge on any atom is 4.00 e. The zero-order chi connectivity index (χ0) is 10.1. The predicted molar refractivity (Wildman–Crippen MR) is 56.7 cm³/mol. The molecule has 0 radical (unpaired) electrons. The Hall–Kier alpha value is 0.594. The Kier molecular flexibility index (Phi) is 246. The quantitative estimate of drug-likeness (QED) is 0.435. The fourth-order valence-corrected chi connectivity index (χ4v) is 0. The van der Waals surface area contributed by atoms with Crippen LogP contribution in [0.2, 0.25) is 0 Å².